The number of furan rings is 1. The highest BCUT2D eigenvalue weighted by molar-refractivity contribution is 7.17. The number of carbonyl (C=O) groups excluding carboxylic acids is 1. The van der Waals surface area contributed by atoms with Crippen molar-refractivity contribution in [3.63, 3.8) is 0 Å². The van der Waals surface area contributed by atoms with Gasteiger partial charge in [0.2, 0.25) is 0 Å². The number of fused-ring (bicyclic) bond motifs is 3. The molecule has 2 bridgehead atoms. The summed E-state index contributed by atoms with van der Waals surface area (Å²) in [4.78, 5) is 24.1. The fraction of sp³-hybridized carbons (Fsp3) is 0.429. The van der Waals surface area contributed by atoms with Crippen molar-refractivity contribution in [1.29, 1.82) is 0 Å². The summed E-state index contributed by atoms with van der Waals surface area (Å²) in [6, 6.07) is 8.42. The molecule has 2 heterocycles. The van der Waals surface area contributed by atoms with E-state index in [0.29, 0.717) is 24.2 Å². The first kappa shape index (κ1) is 22.9. The van der Waals surface area contributed by atoms with Gasteiger partial charge in [0.05, 0.1) is 18.1 Å². The summed E-state index contributed by atoms with van der Waals surface area (Å²) in [5, 5.41) is 15.2. The number of nitrogens with one attached hydrogen (secondary N) is 1. The van der Waals surface area contributed by atoms with E-state index in [9.17, 15) is 9.59 Å². The van der Waals surface area contributed by atoms with Crippen LogP contribution in [0.1, 0.15) is 66.4 Å². The van der Waals surface area contributed by atoms with Crippen molar-refractivity contribution in [1.82, 2.24) is 5.32 Å². The molecule has 2 aliphatic rings. The summed E-state index contributed by atoms with van der Waals surface area (Å²) < 4.78 is 6.39. The number of carbonyl (C=O) groups is 2. The molecule has 178 valence electrons. The van der Waals surface area contributed by atoms with Crippen LogP contribution in [-0.4, -0.2) is 23.0 Å². The van der Waals surface area contributed by atoms with Crippen LogP contribution in [0, 0.1) is 17.8 Å². The molecule has 0 radical (unpaired) electrons. The highest BCUT2D eigenvalue weighted by atomic mass is 32.1. The average molecular weight is 478 g/mol. The Kier molecular flexibility index (Phi) is 6.86. The SMILES string of the molecule is O=C(O)CCCC=CCC1C2CCC(C2)C1NC(=O)c1csc2c(Cc3ccoc3)cccc12. The van der Waals surface area contributed by atoms with Crippen LogP contribution >= 0.6 is 11.3 Å². The van der Waals surface area contributed by atoms with Gasteiger partial charge in [-0.3, -0.25) is 9.59 Å². The van der Waals surface area contributed by atoms with Crippen LogP contribution in [-0.2, 0) is 11.2 Å². The molecule has 0 spiro atoms. The second kappa shape index (κ2) is 10.2. The van der Waals surface area contributed by atoms with Crippen LogP contribution in [0.25, 0.3) is 10.1 Å². The molecular weight excluding hydrogens is 446 g/mol. The lowest BCUT2D eigenvalue weighted by atomic mass is 9.82. The summed E-state index contributed by atoms with van der Waals surface area (Å²) >= 11 is 1.64. The van der Waals surface area contributed by atoms with Crippen molar-refractivity contribution in [2.45, 2.75) is 57.4 Å². The van der Waals surface area contributed by atoms with E-state index in [0.717, 1.165) is 35.8 Å². The number of carboxylic acid groups (broad SMARTS) is 1. The van der Waals surface area contributed by atoms with E-state index in [1.807, 2.05) is 17.5 Å². The number of benzene rings is 1. The van der Waals surface area contributed by atoms with Crippen LogP contribution < -0.4 is 5.32 Å². The fourth-order valence-corrected chi connectivity index (χ4v) is 7.06. The topological polar surface area (TPSA) is 79.5 Å². The zero-order chi connectivity index (χ0) is 23.5. The Morgan fingerprint density at radius 3 is 2.88 bits per heavy atom. The van der Waals surface area contributed by atoms with Gasteiger partial charge in [-0.15, -0.1) is 11.3 Å². The Morgan fingerprint density at radius 2 is 2.06 bits per heavy atom. The largest absolute Gasteiger partial charge is 0.481 e. The molecule has 1 aromatic carbocycles. The van der Waals surface area contributed by atoms with Gasteiger partial charge in [0, 0.05) is 34.3 Å². The van der Waals surface area contributed by atoms with Crippen LogP contribution in [0.15, 0.2) is 58.7 Å². The molecule has 34 heavy (non-hydrogen) atoms. The molecule has 5 nitrogen and oxygen atoms in total. The third kappa shape index (κ3) is 4.83. The second-order valence-electron chi connectivity index (χ2n) is 9.74. The molecule has 4 atom stereocenters. The highest BCUT2D eigenvalue weighted by Crippen LogP contribution is 2.50. The van der Waals surface area contributed by atoms with Gasteiger partial charge in [-0.2, -0.15) is 0 Å². The Hall–Kier alpha value is -2.86. The lowest BCUT2D eigenvalue weighted by Gasteiger charge is -2.31. The quantitative estimate of drug-likeness (QED) is 0.260. The molecule has 0 saturated heterocycles. The van der Waals surface area contributed by atoms with Crippen LogP contribution in [0.2, 0.25) is 0 Å². The Morgan fingerprint density at radius 1 is 1.18 bits per heavy atom. The molecule has 2 saturated carbocycles. The Balaban J connectivity index is 1.26. The first-order chi connectivity index (χ1) is 16.6. The number of hydrogen-bond donors (Lipinski definition) is 2. The van der Waals surface area contributed by atoms with Crippen molar-refractivity contribution >= 4 is 33.3 Å². The number of thiophene rings is 1. The first-order valence-corrected chi connectivity index (χ1v) is 13.2. The maximum absolute atomic E-state index is 13.4. The van der Waals surface area contributed by atoms with Gasteiger partial charge in [0.25, 0.3) is 5.91 Å². The number of rotatable bonds is 10. The van der Waals surface area contributed by atoms with Gasteiger partial charge >= 0.3 is 5.97 Å². The number of carboxylic acids is 1. The number of aliphatic carboxylic acids is 1. The van der Waals surface area contributed by atoms with Gasteiger partial charge in [-0.25, -0.2) is 0 Å². The lowest BCUT2D eigenvalue weighted by Crippen LogP contribution is -2.43. The van der Waals surface area contributed by atoms with Gasteiger partial charge in [-0.1, -0.05) is 30.4 Å². The Labute approximate surface area is 203 Å². The molecule has 6 heteroatoms. The monoisotopic (exact) mass is 477 g/mol. The van der Waals surface area contributed by atoms with E-state index in [1.165, 1.54) is 29.5 Å². The van der Waals surface area contributed by atoms with Crippen molar-refractivity contribution in [3.05, 3.63) is 71.0 Å². The predicted octanol–water partition coefficient (Wildman–Crippen LogP) is 6.43. The van der Waals surface area contributed by atoms with E-state index in [1.54, 1.807) is 23.9 Å². The summed E-state index contributed by atoms with van der Waals surface area (Å²) in [7, 11) is 0. The summed E-state index contributed by atoms with van der Waals surface area (Å²) in [5.41, 5.74) is 3.13. The number of amides is 1. The minimum absolute atomic E-state index is 0.0414. The van der Waals surface area contributed by atoms with Crippen molar-refractivity contribution < 1.29 is 19.1 Å². The van der Waals surface area contributed by atoms with Crippen molar-refractivity contribution in [2.24, 2.45) is 17.8 Å². The average Bonchev–Trinajstić information content (AvgIpc) is 3.61. The lowest BCUT2D eigenvalue weighted by molar-refractivity contribution is -0.137. The van der Waals surface area contributed by atoms with Crippen LogP contribution in [0.5, 0.6) is 0 Å². The molecular formula is C28H31NO4S. The molecule has 2 fully saturated rings. The standard InChI is InChI=1S/C28H31NO4S/c30-25(31)9-4-2-1-3-7-22-19-10-11-20(15-19)26(22)29-28(32)24-17-34-27-21(6-5-8-23(24)27)14-18-12-13-33-16-18/h1,3,5-6,8,12-13,16-17,19-20,22,26H,2,4,7,9-11,14-15H2,(H,29,32)(H,30,31). The highest BCUT2D eigenvalue weighted by Gasteiger charge is 2.47. The fourth-order valence-electron chi connectivity index (χ4n) is 5.99. The second-order valence-corrected chi connectivity index (χ2v) is 10.6. The van der Waals surface area contributed by atoms with E-state index >= 15 is 0 Å². The number of hydrogen-bond acceptors (Lipinski definition) is 4. The van der Waals surface area contributed by atoms with Gasteiger partial charge < -0.3 is 14.8 Å². The van der Waals surface area contributed by atoms with Gasteiger partial charge in [-0.05, 0) is 73.5 Å². The van der Waals surface area contributed by atoms with Gasteiger partial charge in [0.1, 0.15) is 0 Å². The zero-order valence-electron chi connectivity index (χ0n) is 19.2. The van der Waals surface area contributed by atoms with Gasteiger partial charge in [0.15, 0.2) is 0 Å². The molecule has 0 aliphatic heterocycles. The minimum Gasteiger partial charge on any atom is -0.481 e. The van der Waals surface area contributed by atoms with Crippen molar-refractivity contribution in [3.8, 4) is 0 Å². The van der Waals surface area contributed by atoms with E-state index in [-0.39, 0.29) is 18.4 Å². The molecule has 4 unspecified atom stereocenters. The molecule has 1 amide bonds. The molecule has 3 aromatic rings. The maximum Gasteiger partial charge on any atom is 0.303 e. The van der Waals surface area contributed by atoms with Crippen LogP contribution in [0.4, 0.5) is 0 Å². The summed E-state index contributed by atoms with van der Waals surface area (Å²) in [6.45, 7) is 0. The number of allylic oxidation sites excluding steroid dienone is 2. The van der Waals surface area contributed by atoms with Crippen LogP contribution in [0.3, 0.4) is 0 Å². The normalized spacial score (nSPS) is 23.8. The van der Waals surface area contributed by atoms with E-state index in [2.05, 4.69) is 29.6 Å². The number of unbranched alkanes of at least 4 members (excludes halogenated alkanes) is 1. The smallest absolute Gasteiger partial charge is 0.303 e. The maximum atomic E-state index is 13.4. The summed E-state index contributed by atoms with van der Waals surface area (Å²) in [5.74, 6) is 1.03. The predicted molar refractivity (Wildman–Crippen MR) is 134 cm³/mol. The third-order valence-corrected chi connectivity index (χ3v) is 8.69. The van der Waals surface area contributed by atoms with E-state index in [4.69, 9.17) is 9.52 Å². The Bertz CT molecular complexity index is 1180. The summed E-state index contributed by atoms with van der Waals surface area (Å²) in [6.07, 6.45) is 14.9. The molecule has 2 N–H and O–H groups in total. The van der Waals surface area contributed by atoms with Crippen molar-refractivity contribution in [2.75, 3.05) is 0 Å². The minimum atomic E-state index is -0.737. The molecule has 5 rings (SSSR count). The zero-order valence-corrected chi connectivity index (χ0v) is 20.1. The van der Waals surface area contributed by atoms with E-state index < -0.39 is 5.97 Å². The first-order valence-electron chi connectivity index (χ1n) is 12.3. The molecule has 2 aliphatic carbocycles. The molecule has 2 aromatic heterocycles. The third-order valence-electron chi connectivity index (χ3n) is 7.62.